The Balaban J connectivity index is 0.00000392. The Bertz CT molecular complexity index is 698. The van der Waals surface area contributed by atoms with Crippen molar-refractivity contribution in [3.8, 4) is 0 Å². The van der Waals surface area contributed by atoms with Gasteiger partial charge in [-0.15, -0.1) is 35.7 Å². The molecule has 0 aliphatic carbocycles. The van der Waals surface area contributed by atoms with E-state index in [4.69, 9.17) is 16.3 Å². The highest BCUT2D eigenvalue weighted by molar-refractivity contribution is 14.0. The number of halogens is 2. The van der Waals surface area contributed by atoms with E-state index in [1.165, 1.54) is 10.5 Å². The van der Waals surface area contributed by atoms with Crippen molar-refractivity contribution < 1.29 is 4.74 Å². The summed E-state index contributed by atoms with van der Waals surface area (Å²) in [6.45, 7) is 3.05. The average Bonchev–Trinajstić information content (AvgIpc) is 2.70. The molecule has 0 aromatic heterocycles. The normalized spacial score (nSPS) is 10.9. The third kappa shape index (κ3) is 9.86. The first kappa shape index (κ1) is 24.9. The first-order chi connectivity index (χ1) is 13.2. The molecule has 0 amide bonds. The lowest BCUT2D eigenvalue weighted by atomic mass is 10.2. The number of rotatable bonds is 10. The number of aliphatic imine (C=N–C) groups is 1. The van der Waals surface area contributed by atoms with E-state index in [1.807, 2.05) is 24.3 Å². The number of hydrogen-bond donors (Lipinski definition) is 3. The van der Waals surface area contributed by atoms with Gasteiger partial charge in [-0.1, -0.05) is 23.7 Å². The summed E-state index contributed by atoms with van der Waals surface area (Å²) in [6.07, 6.45) is 0. The highest BCUT2D eigenvalue weighted by atomic mass is 127. The fourth-order valence-electron chi connectivity index (χ4n) is 2.31. The van der Waals surface area contributed by atoms with E-state index in [0.29, 0.717) is 6.61 Å². The Labute approximate surface area is 194 Å². The van der Waals surface area contributed by atoms with E-state index in [9.17, 15) is 0 Å². The second-order valence-corrected chi connectivity index (χ2v) is 7.38. The smallest absolute Gasteiger partial charge is 0.191 e. The van der Waals surface area contributed by atoms with Gasteiger partial charge in [-0.05, 0) is 42.0 Å². The van der Waals surface area contributed by atoms with Crippen molar-refractivity contribution in [2.45, 2.75) is 11.4 Å². The Morgan fingerprint density at radius 2 is 1.75 bits per heavy atom. The molecule has 0 heterocycles. The first-order valence-corrected chi connectivity index (χ1v) is 10.2. The zero-order chi connectivity index (χ0) is 19.3. The van der Waals surface area contributed by atoms with E-state index in [1.54, 1.807) is 25.9 Å². The Morgan fingerprint density at radius 3 is 2.39 bits per heavy atom. The summed E-state index contributed by atoms with van der Waals surface area (Å²) in [5.41, 5.74) is 2.29. The summed E-state index contributed by atoms with van der Waals surface area (Å²) >= 11 is 7.69. The fourth-order valence-corrected chi connectivity index (χ4v) is 3.21. The van der Waals surface area contributed by atoms with Gasteiger partial charge in [0.2, 0.25) is 0 Å². The van der Waals surface area contributed by atoms with E-state index in [-0.39, 0.29) is 24.0 Å². The topological polar surface area (TPSA) is 57.7 Å². The minimum absolute atomic E-state index is 0. The number of methoxy groups -OCH3 is 1. The van der Waals surface area contributed by atoms with Gasteiger partial charge in [0, 0.05) is 55.2 Å². The summed E-state index contributed by atoms with van der Waals surface area (Å²) in [5.74, 6) is 1.75. The average molecular weight is 535 g/mol. The number of nitrogens with one attached hydrogen (secondary N) is 3. The highest BCUT2D eigenvalue weighted by Gasteiger charge is 2.00. The van der Waals surface area contributed by atoms with Crippen LogP contribution in [0.4, 0.5) is 5.69 Å². The maximum atomic E-state index is 5.90. The first-order valence-electron chi connectivity index (χ1n) is 8.86. The summed E-state index contributed by atoms with van der Waals surface area (Å²) in [7, 11) is 3.48. The maximum Gasteiger partial charge on any atom is 0.191 e. The largest absolute Gasteiger partial charge is 0.383 e. The molecule has 0 spiro atoms. The van der Waals surface area contributed by atoms with Gasteiger partial charge in [-0.2, -0.15) is 0 Å². The molecule has 8 heteroatoms. The number of anilines is 1. The van der Waals surface area contributed by atoms with E-state index in [0.717, 1.165) is 42.1 Å². The molecule has 154 valence electrons. The number of benzene rings is 2. The molecule has 0 fully saturated rings. The zero-order valence-electron chi connectivity index (χ0n) is 16.2. The van der Waals surface area contributed by atoms with Gasteiger partial charge in [0.25, 0.3) is 0 Å². The highest BCUT2D eigenvalue weighted by Crippen LogP contribution is 2.19. The molecule has 0 bridgehead atoms. The number of nitrogens with zero attached hydrogens (tertiary/aromatic N) is 1. The molecule has 2 rings (SSSR count). The second kappa shape index (κ2) is 14.8. The van der Waals surface area contributed by atoms with Gasteiger partial charge in [-0.25, -0.2) is 0 Å². The molecule has 0 saturated carbocycles. The van der Waals surface area contributed by atoms with Crippen molar-refractivity contribution in [1.82, 2.24) is 10.6 Å². The van der Waals surface area contributed by atoms with Crippen LogP contribution < -0.4 is 16.0 Å². The van der Waals surface area contributed by atoms with Crippen LogP contribution in [-0.2, 0) is 11.3 Å². The van der Waals surface area contributed by atoms with Crippen LogP contribution in [-0.4, -0.2) is 45.6 Å². The van der Waals surface area contributed by atoms with Crippen molar-refractivity contribution >= 4 is 59.0 Å². The van der Waals surface area contributed by atoms with Crippen molar-refractivity contribution in [1.29, 1.82) is 0 Å². The van der Waals surface area contributed by atoms with Crippen LogP contribution in [0.15, 0.2) is 58.4 Å². The van der Waals surface area contributed by atoms with E-state index in [2.05, 4.69) is 45.2 Å². The molecule has 0 aliphatic heterocycles. The molecule has 5 nitrogen and oxygen atoms in total. The second-order valence-electron chi connectivity index (χ2n) is 5.77. The molecule has 0 unspecified atom stereocenters. The van der Waals surface area contributed by atoms with E-state index >= 15 is 0 Å². The van der Waals surface area contributed by atoms with Gasteiger partial charge >= 0.3 is 0 Å². The Hall–Kier alpha value is -1.16. The van der Waals surface area contributed by atoms with Crippen LogP contribution in [0, 0.1) is 0 Å². The van der Waals surface area contributed by atoms with Gasteiger partial charge in [0.15, 0.2) is 5.96 Å². The molecular weight excluding hydrogens is 507 g/mol. The SMILES string of the molecule is CN=C(NCCSc1ccc(Cl)cc1)NCc1ccc(NCCOC)cc1.I. The molecule has 0 aliphatic rings. The minimum atomic E-state index is 0. The Morgan fingerprint density at radius 1 is 1.04 bits per heavy atom. The van der Waals surface area contributed by atoms with Crippen LogP contribution in [0.2, 0.25) is 5.02 Å². The molecule has 2 aromatic carbocycles. The molecule has 0 saturated heterocycles. The molecule has 0 radical (unpaired) electrons. The van der Waals surface area contributed by atoms with Gasteiger partial charge in [-0.3, -0.25) is 4.99 Å². The summed E-state index contributed by atoms with van der Waals surface area (Å²) < 4.78 is 5.04. The molecule has 0 atom stereocenters. The standard InChI is InChI=1S/C20H27ClN4OS.HI/c1-22-20(24-12-14-27-19-9-5-17(21)6-10-19)25-15-16-3-7-18(8-4-16)23-11-13-26-2;/h3-10,23H,11-15H2,1-2H3,(H2,22,24,25);1H. The molecular formula is C20H28ClIN4OS. The third-order valence-corrected chi connectivity index (χ3v) is 5.02. The number of thioether (sulfide) groups is 1. The number of hydrogen-bond acceptors (Lipinski definition) is 4. The fraction of sp³-hybridized carbons (Fsp3) is 0.350. The van der Waals surface area contributed by atoms with Crippen LogP contribution in [0.3, 0.4) is 0 Å². The number of guanidine groups is 1. The minimum Gasteiger partial charge on any atom is -0.383 e. The monoisotopic (exact) mass is 534 g/mol. The predicted octanol–water partition coefficient (Wildman–Crippen LogP) is 4.47. The Kier molecular flexibility index (Phi) is 13.1. The lowest BCUT2D eigenvalue weighted by Crippen LogP contribution is -2.37. The summed E-state index contributed by atoms with van der Waals surface area (Å²) in [5, 5.41) is 10.7. The molecule has 3 N–H and O–H groups in total. The third-order valence-electron chi connectivity index (χ3n) is 3.75. The van der Waals surface area contributed by atoms with Crippen molar-refractivity contribution in [3.05, 3.63) is 59.1 Å². The number of ether oxygens (including phenoxy) is 1. The van der Waals surface area contributed by atoms with Crippen LogP contribution in [0.25, 0.3) is 0 Å². The van der Waals surface area contributed by atoms with Crippen molar-refractivity contribution in [2.75, 3.05) is 44.9 Å². The van der Waals surface area contributed by atoms with Gasteiger partial charge in [0.1, 0.15) is 0 Å². The zero-order valence-corrected chi connectivity index (χ0v) is 20.1. The quantitative estimate of drug-likeness (QED) is 0.138. The van der Waals surface area contributed by atoms with Crippen LogP contribution in [0.5, 0.6) is 0 Å². The van der Waals surface area contributed by atoms with Gasteiger partial charge in [0.05, 0.1) is 6.61 Å². The van der Waals surface area contributed by atoms with Crippen LogP contribution >= 0.6 is 47.3 Å². The van der Waals surface area contributed by atoms with Crippen molar-refractivity contribution in [2.24, 2.45) is 4.99 Å². The maximum absolute atomic E-state index is 5.90. The lowest BCUT2D eigenvalue weighted by molar-refractivity contribution is 0.211. The van der Waals surface area contributed by atoms with Crippen LogP contribution in [0.1, 0.15) is 5.56 Å². The van der Waals surface area contributed by atoms with Gasteiger partial charge < -0.3 is 20.7 Å². The summed E-state index contributed by atoms with van der Waals surface area (Å²) in [6, 6.07) is 16.3. The van der Waals surface area contributed by atoms with E-state index < -0.39 is 0 Å². The van der Waals surface area contributed by atoms with Crippen molar-refractivity contribution in [3.63, 3.8) is 0 Å². The molecule has 28 heavy (non-hydrogen) atoms. The lowest BCUT2D eigenvalue weighted by Gasteiger charge is -2.12. The summed E-state index contributed by atoms with van der Waals surface area (Å²) in [4.78, 5) is 5.48. The molecule has 2 aromatic rings. The predicted molar refractivity (Wildman–Crippen MR) is 133 cm³/mol.